The molecule has 6 nitrogen and oxygen atoms in total. The highest BCUT2D eigenvalue weighted by molar-refractivity contribution is 14.0. The Morgan fingerprint density at radius 1 is 1.19 bits per heavy atom. The van der Waals surface area contributed by atoms with E-state index in [1.165, 1.54) is 5.69 Å². The zero-order valence-electron chi connectivity index (χ0n) is 17.2. The van der Waals surface area contributed by atoms with Gasteiger partial charge in [-0.1, -0.05) is 18.2 Å². The predicted molar refractivity (Wildman–Crippen MR) is 126 cm³/mol. The van der Waals surface area contributed by atoms with Crippen molar-refractivity contribution in [1.82, 2.24) is 15.5 Å². The van der Waals surface area contributed by atoms with Crippen LogP contribution < -0.4 is 15.5 Å². The van der Waals surface area contributed by atoms with Gasteiger partial charge in [-0.05, 0) is 32.4 Å². The third-order valence-electron chi connectivity index (χ3n) is 4.94. The Hall–Kier alpha value is -1.06. The maximum absolute atomic E-state index is 5.46. The van der Waals surface area contributed by atoms with Crippen LogP contribution in [0.5, 0.6) is 0 Å². The minimum atomic E-state index is 0. The van der Waals surface area contributed by atoms with E-state index in [0.29, 0.717) is 0 Å². The summed E-state index contributed by atoms with van der Waals surface area (Å²) < 4.78 is 5.46. The lowest BCUT2D eigenvalue weighted by molar-refractivity contribution is -0.00833. The van der Waals surface area contributed by atoms with E-state index in [9.17, 15) is 0 Å². The van der Waals surface area contributed by atoms with E-state index >= 15 is 0 Å². The Morgan fingerprint density at radius 2 is 1.85 bits per heavy atom. The molecule has 0 atom stereocenters. The zero-order chi connectivity index (χ0) is 18.8. The van der Waals surface area contributed by atoms with E-state index in [1.807, 2.05) is 13.1 Å². The summed E-state index contributed by atoms with van der Waals surface area (Å²) in [6, 6.07) is 10.5. The highest BCUT2D eigenvalue weighted by atomic mass is 127. The van der Waals surface area contributed by atoms with E-state index in [2.05, 4.69) is 70.6 Å². The van der Waals surface area contributed by atoms with Gasteiger partial charge in [0.2, 0.25) is 0 Å². The lowest BCUT2D eigenvalue weighted by atomic mass is 10.0. The van der Waals surface area contributed by atoms with Gasteiger partial charge in [-0.3, -0.25) is 9.89 Å². The molecule has 154 valence electrons. The molecule has 1 aromatic carbocycles. The van der Waals surface area contributed by atoms with Crippen molar-refractivity contribution in [3.05, 3.63) is 30.3 Å². The van der Waals surface area contributed by atoms with Gasteiger partial charge >= 0.3 is 0 Å². The molecule has 1 aliphatic rings. The van der Waals surface area contributed by atoms with Gasteiger partial charge in [-0.2, -0.15) is 0 Å². The fourth-order valence-corrected chi connectivity index (χ4v) is 3.14. The number of halogens is 1. The molecule has 1 aliphatic heterocycles. The maximum Gasteiger partial charge on any atom is 0.191 e. The molecule has 0 saturated carbocycles. The van der Waals surface area contributed by atoms with E-state index in [1.54, 1.807) is 0 Å². The largest absolute Gasteiger partial charge is 0.379 e. The number of para-hydroxylation sites is 1. The van der Waals surface area contributed by atoms with Gasteiger partial charge < -0.3 is 20.3 Å². The number of nitrogens with zero attached hydrogens (tertiary/aromatic N) is 3. The molecule has 1 aromatic rings. The summed E-state index contributed by atoms with van der Waals surface area (Å²) in [7, 11) is 3.96. The number of anilines is 1. The molecule has 0 amide bonds. The molecule has 1 heterocycles. The van der Waals surface area contributed by atoms with Crippen molar-refractivity contribution in [2.45, 2.75) is 25.8 Å². The van der Waals surface area contributed by atoms with Crippen molar-refractivity contribution in [3.63, 3.8) is 0 Å². The second-order valence-corrected chi connectivity index (χ2v) is 7.38. The minimum Gasteiger partial charge on any atom is -0.379 e. The quantitative estimate of drug-likeness (QED) is 0.254. The molecule has 0 unspecified atom stereocenters. The number of guanidine groups is 1. The first kappa shape index (κ1) is 24.0. The van der Waals surface area contributed by atoms with Crippen molar-refractivity contribution in [1.29, 1.82) is 0 Å². The van der Waals surface area contributed by atoms with Crippen molar-refractivity contribution < 1.29 is 4.74 Å². The molecule has 27 heavy (non-hydrogen) atoms. The second kappa shape index (κ2) is 12.4. The number of hydrogen-bond donors (Lipinski definition) is 2. The van der Waals surface area contributed by atoms with Gasteiger partial charge in [0.1, 0.15) is 0 Å². The van der Waals surface area contributed by atoms with E-state index in [0.717, 1.165) is 58.3 Å². The van der Waals surface area contributed by atoms with Gasteiger partial charge in [0.15, 0.2) is 5.96 Å². The molecule has 0 aromatic heterocycles. The average molecular weight is 489 g/mol. The van der Waals surface area contributed by atoms with Gasteiger partial charge in [0.05, 0.1) is 13.2 Å². The van der Waals surface area contributed by atoms with Crippen LogP contribution in [0.1, 0.15) is 20.3 Å². The van der Waals surface area contributed by atoms with Crippen molar-refractivity contribution in [2.24, 2.45) is 4.99 Å². The fraction of sp³-hybridized carbons (Fsp3) is 0.650. The normalized spacial score (nSPS) is 15.8. The summed E-state index contributed by atoms with van der Waals surface area (Å²) in [5, 5.41) is 6.89. The standard InChI is InChI=1S/C20H35N5O.HI/c1-20(2,25-13-15-26-16-14-25)17-23-19(21-3)22-11-8-12-24(4)18-9-6-5-7-10-18;/h5-7,9-10H,8,11-17H2,1-4H3,(H2,21,22,23);1H. The van der Waals surface area contributed by atoms with Crippen LogP contribution in [0, 0.1) is 0 Å². The van der Waals surface area contributed by atoms with E-state index < -0.39 is 0 Å². The molecule has 0 bridgehead atoms. The summed E-state index contributed by atoms with van der Waals surface area (Å²) in [4.78, 5) is 9.10. The van der Waals surface area contributed by atoms with Crippen LogP contribution >= 0.6 is 24.0 Å². The molecule has 1 fully saturated rings. The third kappa shape index (κ3) is 8.23. The van der Waals surface area contributed by atoms with Crippen LogP contribution in [-0.2, 0) is 4.74 Å². The highest BCUT2D eigenvalue weighted by Crippen LogP contribution is 2.15. The summed E-state index contributed by atoms with van der Waals surface area (Å²) in [5.74, 6) is 0.869. The fourth-order valence-electron chi connectivity index (χ4n) is 3.14. The van der Waals surface area contributed by atoms with Crippen LogP contribution in [0.3, 0.4) is 0 Å². The molecule has 0 radical (unpaired) electrons. The first-order chi connectivity index (χ1) is 12.5. The van der Waals surface area contributed by atoms with Crippen LogP contribution in [0.4, 0.5) is 5.69 Å². The number of ether oxygens (including phenoxy) is 1. The number of hydrogen-bond acceptors (Lipinski definition) is 4. The van der Waals surface area contributed by atoms with Gasteiger partial charge in [0, 0.05) is 58.0 Å². The number of rotatable bonds is 8. The molecular weight excluding hydrogens is 453 g/mol. The van der Waals surface area contributed by atoms with Crippen LogP contribution in [0.2, 0.25) is 0 Å². The maximum atomic E-state index is 5.46. The minimum absolute atomic E-state index is 0. The van der Waals surface area contributed by atoms with Crippen molar-refractivity contribution >= 4 is 35.6 Å². The lowest BCUT2D eigenvalue weighted by Crippen LogP contribution is -2.56. The second-order valence-electron chi connectivity index (χ2n) is 7.38. The molecule has 7 heteroatoms. The van der Waals surface area contributed by atoms with Gasteiger partial charge in [0.25, 0.3) is 0 Å². The lowest BCUT2D eigenvalue weighted by Gasteiger charge is -2.41. The monoisotopic (exact) mass is 489 g/mol. The van der Waals surface area contributed by atoms with Gasteiger partial charge in [-0.15, -0.1) is 24.0 Å². The Balaban J connectivity index is 0.00000364. The van der Waals surface area contributed by atoms with Crippen molar-refractivity contribution in [2.75, 3.05) is 64.9 Å². The average Bonchev–Trinajstić information content (AvgIpc) is 2.68. The van der Waals surface area contributed by atoms with Crippen LogP contribution in [-0.4, -0.2) is 76.4 Å². The molecule has 0 spiro atoms. The summed E-state index contributed by atoms with van der Waals surface area (Å²) in [6.45, 7) is 10.9. The van der Waals surface area contributed by atoms with E-state index in [4.69, 9.17) is 4.74 Å². The Morgan fingerprint density at radius 3 is 2.48 bits per heavy atom. The highest BCUT2D eigenvalue weighted by Gasteiger charge is 2.28. The molecule has 1 saturated heterocycles. The number of nitrogens with one attached hydrogen (secondary N) is 2. The third-order valence-corrected chi connectivity index (χ3v) is 4.94. The Bertz CT molecular complexity index is 547. The van der Waals surface area contributed by atoms with Crippen molar-refractivity contribution in [3.8, 4) is 0 Å². The summed E-state index contributed by atoms with van der Waals surface area (Å²) in [5.41, 5.74) is 1.33. The SMILES string of the molecule is CN=C(NCCCN(C)c1ccccc1)NCC(C)(C)N1CCOCC1.I. The number of benzene rings is 1. The molecule has 0 aliphatic carbocycles. The smallest absolute Gasteiger partial charge is 0.191 e. The first-order valence-corrected chi connectivity index (χ1v) is 9.56. The molecule has 2 N–H and O–H groups in total. The number of morpholine rings is 1. The Labute approximate surface area is 181 Å². The van der Waals surface area contributed by atoms with E-state index in [-0.39, 0.29) is 29.5 Å². The zero-order valence-corrected chi connectivity index (χ0v) is 19.5. The Kier molecular flexibility index (Phi) is 11.0. The number of aliphatic imine (C=N–C) groups is 1. The molecule has 2 rings (SSSR count). The summed E-state index contributed by atoms with van der Waals surface area (Å²) >= 11 is 0. The van der Waals surface area contributed by atoms with Crippen LogP contribution in [0.15, 0.2) is 35.3 Å². The topological polar surface area (TPSA) is 52.1 Å². The predicted octanol–water partition coefficient (Wildman–Crippen LogP) is 2.41. The van der Waals surface area contributed by atoms with Gasteiger partial charge in [-0.25, -0.2) is 0 Å². The summed E-state index contributed by atoms with van der Waals surface area (Å²) in [6.07, 6.45) is 1.05. The molecular formula is C20H36IN5O. The van der Waals surface area contributed by atoms with Crippen LogP contribution in [0.25, 0.3) is 0 Å². The first-order valence-electron chi connectivity index (χ1n) is 9.56.